The number of hydrogen-bond donors (Lipinski definition) is 0. The number of thioether (sulfide) groups is 1. The van der Waals surface area contributed by atoms with Crippen molar-refractivity contribution < 1.29 is 18.0 Å². The van der Waals surface area contributed by atoms with Crippen LogP contribution in [0.1, 0.15) is 24.0 Å². The molecule has 150 valence electrons. The van der Waals surface area contributed by atoms with E-state index in [1.165, 1.54) is 5.01 Å². The molecule has 0 radical (unpaired) electrons. The number of pyridine rings is 1. The lowest BCUT2D eigenvalue weighted by atomic mass is 10.1. The fraction of sp³-hybridized carbons (Fsp3) is 0.150. The third kappa shape index (κ3) is 3.64. The average Bonchev–Trinajstić information content (AvgIpc) is 3.57. The number of amides is 1. The van der Waals surface area contributed by atoms with Crippen molar-refractivity contribution in [1.82, 2.24) is 20.2 Å². The van der Waals surface area contributed by atoms with Crippen LogP contribution in [0.2, 0.25) is 0 Å². The van der Waals surface area contributed by atoms with Crippen molar-refractivity contribution in [3.05, 3.63) is 72.8 Å². The third-order valence-corrected chi connectivity index (χ3v) is 5.28. The second-order valence-electron chi connectivity index (χ2n) is 6.40. The minimum atomic E-state index is -0.332. The highest BCUT2D eigenvalue weighted by Crippen LogP contribution is 2.34. The van der Waals surface area contributed by atoms with Gasteiger partial charge < -0.3 is 13.3 Å². The van der Waals surface area contributed by atoms with Crippen LogP contribution in [0, 0.1) is 0 Å². The summed E-state index contributed by atoms with van der Waals surface area (Å²) in [5, 5.41) is 14.2. The number of nitrogens with zero attached hydrogens (tertiary/aromatic N) is 5. The maximum atomic E-state index is 12.9. The number of carbonyl (C=O) groups excluding carboxylic acids is 1. The van der Waals surface area contributed by atoms with Crippen LogP contribution in [-0.2, 0) is 4.79 Å². The van der Waals surface area contributed by atoms with Crippen molar-refractivity contribution in [1.29, 1.82) is 0 Å². The molecule has 1 atom stereocenters. The summed E-state index contributed by atoms with van der Waals surface area (Å²) in [7, 11) is 0. The fourth-order valence-electron chi connectivity index (χ4n) is 3.10. The van der Waals surface area contributed by atoms with E-state index in [2.05, 4.69) is 20.3 Å². The van der Waals surface area contributed by atoms with Gasteiger partial charge in [0.05, 0.1) is 23.8 Å². The summed E-state index contributed by atoms with van der Waals surface area (Å²) >= 11 is 1.15. The first kappa shape index (κ1) is 18.4. The average molecular weight is 421 g/mol. The topological polar surface area (TPSA) is 111 Å². The molecule has 1 amide bonds. The van der Waals surface area contributed by atoms with Crippen LogP contribution in [0.3, 0.4) is 0 Å². The van der Waals surface area contributed by atoms with Crippen molar-refractivity contribution >= 4 is 23.4 Å². The van der Waals surface area contributed by atoms with Crippen molar-refractivity contribution in [2.75, 3.05) is 5.75 Å². The number of rotatable bonds is 6. The van der Waals surface area contributed by atoms with Gasteiger partial charge in [0.2, 0.25) is 5.89 Å². The monoisotopic (exact) mass is 421 g/mol. The van der Waals surface area contributed by atoms with Crippen molar-refractivity contribution in [2.45, 2.75) is 17.7 Å². The Kier molecular flexibility index (Phi) is 4.89. The Labute approximate surface area is 174 Å². The molecule has 4 aromatic heterocycles. The van der Waals surface area contributed by atoms with E-state index in [1.54, 1.807) is 43.1 Å². The van der Waals surface area contributed by atoms with E-state index in [9.17, 15) is 4.79 Å². The Morgan fingerprint density at radius 3 is 2.80 bits per heavy atom. The minimum Gasteiger partial charge on any atom is -0.467 e. The lowest BCUT2D eigenvalue weighted by Gasteiger charge is -2.19. The summed E-state index contributed by atoms with van der Waals surface area (Å²) < 4.78 is 16.6. The van der Waals surface area contributed by atoms with Crippen LogP contribution in [0.25, 0.3) is 11.5 Å². The number of hydrazone groups is 1. The van der Waals surface area contributed by atoms with Gasteiger partial charge in [-0.05, 0) is 36.4 Å². The molecular weight excluding hydrogens is 406 g/mol. The molecule has 0 bridgehead atoms. The van der Waals surface area contributed by atoms with E-state index >= 15 is 0 Å². The number of carbonyl (C=O) groups is 1. The summed E-state index contributed by atoms with van der Waals surface area (Å²) in [5.74, 6) is 1.53. The van der Waals surface area contributed by atoms with Gasteiger partial charge in [-0.1, -0.05) is 11.8 Å². The molecule has 30 heavy (non-hydrogen) atoms. The Morgan fingerprint density at radius 1 is 1.13 bits per heavy atom. The number of hydrogen-bond acceptors (Lipinski definition) is 9. The van der Waals surface area contributed by atoms with Crippen LogP contribution in [0.15, 0.2) is 84.9 Å². The van der Waals surface area contributed by atoms with Gasteiger partial charge in [-0.25, -0.2) is 5.01 Å². The summed E-state index contributed by atoms with van der Waals surface area (Å²) in [6.07, 6.45) is 6.96. The lowest BCUT2D eigenvalue weighted by molar-refractivity contribution is -0.130. The standard InChI is InChI=1S/C20H15N5O4S/c26-18(12-30-20-23-22-19(29-20)13-4-1-7-21-11-13)25-15(17-6-3-9-28-17)10-14(24-25)16-5-2-8-27-16/h1-9,11,15H,10,12H2. The molecular formula is C20H15N5O4S. The first-order valence-electron chi connectivity index (χ1n) is 9.11. The molecule has 0 saturated heterocycles. The molecule has 0 aliphatic carbocycles. The SMILES string of the molecule is O=C(CSc1nnc(-c2cccnc2)o1)N1N=C(c2ccco2)CC1c1ccco1. The van der Waals surface area contributed by atoms with Crippen molar-refractivity contribution in [3.8, 4) is 11.5 Å². The van der Waals surface area contributed by atoms with Crippen LogP contribution in [0.4, 0.5) is 0 Å². The molecule has 0 N–H and O–H groups in total. The number of aromatic nitrogens is 3. The predicted molar refractivity (Wildman–Crippen MR) is 106 cm³/mol. The molecule has 4 aromatic rings. The predicted octanol–water partition coefficient (Wildman–Crippen LogP) is 3.79. The zero-order valence-electron chi connectivity index (χ0n) is 15.5. The van der Waals surface area contributed by atoms with Crippen LogP contribution < -0.4 is 0 Å². The second kappa shape index (κ2) is 7.99. The third-order valence-electron chi connectivity index (χ3n) is 4.48. The molecule has 0 aromatic carbocycles. The van der Waals surface area contributed by atoms with E-state index in [1.807, 2.05) is 18.2 Å². The first-order valence-corrected chi connectivity index (χ1v) is 10.1. The quantitative estimate of drug-likeness (QED) is 0.433. The van der Waals surface area contributed by atoms with E-state index in [0.29, 0.717) is 40.3 Å². The van der Waals surface area contributed by atoms with E-state index < -0.39 is 0 Å². The summed E-state index contributed by atoms with van der Waals surface area (Å²) in [5.41, 5.74) is 1.41. The van der Waals surface area contributed by atoms with Gasteiger partial charge >= 0.3 is 0 Å². The maximum absolute atomic E-state index is 12.9. The number of furan rings is 2. The van der Waals surface area contributed by atoms with Gasteiger partial charge in [0, 0.05) is 18.8 Å². The Balaban J connectivity index is 1.31. The van der Waals surface area contributed by atoms with Gasteiger partial charge in [-0.3, -0.25) is 9.78 Å². The van der Waals surface area contributed by atoms with Crippen molar-refractivity contribution in [3.63, 3.8) is 0 Å². The fourth-order valence-corrected chi connectivity index (χ4v) is 3.71. The molecule has 9 nitrogen and oxygen atoms in total. The van der Waals surface area contributed by atoms with Gasteiger partial charge in [-0.15, -0.1) is 10.2 Å². The van der Waals surface area contributed by atoms with E-state index in [-0.39, 0.29) is 17.7 Å². The minimum absolute atomic E-state index is 0.0841. The highest BCUT2D eigenvalue weighted by atomic mass is 32.2. The lowest BCUT2D eigenvalue weighted by Crippen LogP contribution is -2.28. The van der Waals surface area contributed by atoms with Gasteiger partial charge in [-0.2, -0.15) is 5.10 Å². The molecule has 5 rings (SSSR count). The zero-order chi connectivity index (χ0) is 20.3. The summed E-state index contributed by atoms with van der Waals surface area (Å²) in [6.45, 7) is 0. The highest BCUT2D eigenvalue weighted by Gasteiger charge is 2.35. The second-order valence-corrected chi connectivity index (χ2v) is 7.33. The molecule has 0 fully saturated rings. The maximum Gasteiger partial charge on any atom is 0.277 e. The van der Waals surface area contributed by atoms with Gasteiger partial charge in [0.25, 0.3) is 11.1 Å². The van der Waals surface area contributed by atoms with Crippen LogP contribution >= 0.6 is 11.8 Å². The Hall–Kier alpha value is -3.66. The summed E-state index contributed by atoms with van der Waals surface area (Å²) in [6, 6.07) is 10.5. The molecule has 1 aliphatic heterocycles. The smallest absolute Gasteiger partial charge is 0.277 e. The van der Waals surface area contributed by atoms with Crippen LogP contribution in [0.5, 0.6) is 0 Å². The zero-order valence-corrected chi connectivity index (χ0v) is 16.4. The van der Waals surface area contributed by atoms with Crippen LogP contribution in [-0.4, -0.2) is 37.6 Å². The molecule has 1 unspecified atom stereocenters. The molecule has 5 heterocycles. The molecule has 10 heteroatoms. The largest absolute Gasteiger partial charge is 0.467 e. The Bertz CT molecular complexity index is 1160. The van der Waals surface area contributed by atoms with Crippen molar-refractivity contribution in [2.24, 2.45) is 5.10 Å². The first-order chi connectivity index (χ1) is 14.8. The van der Waals surface area contributed by atoms with Gasteiger partial charge in [0.15, 0.2) is 0 Å². The highest BCUT2D eigenvalue weighted by molar-refractivity contribution is 7.99. The van der Waals surface area contributed by atoms with Gasteiger partial charge in [0.1, 0.15) is 23.3 Å². The molecule has 1 aliphatic rings. The summed E-state index contributed by atoms with van der Waals surface area (Å²) in [4.78, 5) is 17.0. The van der Waals surface area contributed by atoms with E-state index in [0.717, 1.165) is 11.8 Å². The normalized spacial score (nSPS) is 16.1. The molecule has 0 saturated carbocycles. The Morgan fingerprint density at radius 2 is 2.03 bits per heavy atom. The van der Waals surface area contributed by atoms with E-state index in [4.69, 9.17) is 13.3 Å². The molecule has 0 spiro atoms.